The van der Waals surface area contributed by atoms with E-state index in [9.17, 15) is 5.11 Å². The number of nitrogens with zero attached hydrogens (tertiary/aromatic N) is 1. The molecule has 1 heterocycles. The minimum Gasteiger partial charge on any atom is -0.508 e. The first-order valence-corrected chi connectivity index (χ1v) is 7.22. The smallest absolute Gasteiger partial charge is 0.115 e. The predicted molar refractivity (Wildman–Crippen MR) is 79.6 cm³/mol. The number of hydrogen-bond donors (Lipinski definition) is 2. The Morgan fingerprint density at radius 1 is 1.35 bits per heavy atom. The van der Waals surface area contributed by atoms with E-state index >= 15 is 0 Å². The van der Waals surface area contributed by atoms with Gasteiger partial charge in [-0.2, -0.15) is 0 Å². The van der Waals surface area contributed by atoms with Gasteiger partial charge in [0.1, 0.15) is 5.75 Å². The van der Waals surface area contributed by atoms with Gasteiger partial charge in [-0.15, -0.1) is 0 Å². The van der Waals surface area contributed by atoms with Crippen LogP contribution in [0, 0.1) is 0 Å². The predicted octanol–water partition coefficient (Wildman–Crippen LogP) is 3.52. The van der Waals surface area contributed by atoms with Gasteiger partial charge >= 0.3 is 0 Å². The number of hydrogen-bond acceptors (Lipinski definition) is 3. The molecule has 0 saturated carbocycles. The molecule has 0 spiro atoms. The van der Waals surface area contributed by atoms with Crippen LogP contribution in [0.4, 0.5) is 0 Å². The van der Waals surface area contributed by atoms with E-state index in [0.29, 0.717) is 11.8 Å². The van der Waals surface area contributed by atoms with E-state index in [2.05, 4.69) is 29.4 Å². The molecule has 1 unspecified atom stereocenters. The average molecular weight is 268 g/mol. The summed E-state index contributed by atoms with van der Waals surface area (Å²) >= 11 is 0. The van der Waals surface area contributed by atoms with Gasteiger partial charge in [0.05, 0.1) is 0 Å². The van der Waals surface area contributed by atoms with E-state index in [1.165, 1.54) is 16.7 Å². The fourth-order valence-corrected chi connectivity index (χ4v) is 3.00. The highest BCUT2D eigenvalue weighted by atomic mass is 16.3. The Morgan fingerprint density at radius 3 is 3.05 bits per heavy atom. The molecule has 2 atom stereocenters. The molecular formula is C17H20N2O. The van der Waals surface area contributed by atoms with Gasteiger partial charge in [-0.1, -0.05) is 12.1 Å². The molecule has 1 aromatic heterocycles. The van der Waals surface area contributed by atoms with Crippen molar-refractivity contribution in [3.05, 3.63) is 59.4 Å². The molecule has 0 saturated heterocycles. The van der Waals surface area contributed by atoms with E-state index in [4.69, 9.17) is 0 Å². The summed E-state index contributed by atoms with van der Waals surface area (Å²) in [4.78, 5) is 4.18. The van der Waals surface area contributed by atoms with Gasteiger partial charge in [-0.3, -0.25) is 4.98 Å². The fourth-order valence-electron chi connectivity index (χ4n) is 3.00. The summed E-state index contributed by atoms with van der Waals surface area (Å²) in [6, 6.07) is 10.4. The van der Waals surface area contributed by atoms with Gasteiger partial charge in [-0.25, -0.2) is 0 Å². The average Bonchev–Trinajstić information content (AvgIpc) is 2.48. The van der Waals surface area contributed by atoms with Crippen LogP contribution in [0.25, 0.3) is 0 Å². The first-order chi connectivity index (χ1) is 9.74. The van der Waals surface area contributed by atoms with E-state index in [1.807, 2.05) is 18.3 Å². The summed E-state index contributed by atoms with van der Waals surface area (Å²) in [6.07, 6.45) is 7.08. The van der Waals surface area contributed by atoms with Crippen LogP contribution < -0.4 is 5.32 Å². The molecule has 0 radical (unpaired) electrons. The summed E-state index contributed by atoms with van der Waals surface area (Å²) in [7, 11) is 0. The molecule has 3 rings (SSSR count). The Labute approximate surface area is 119 Å². The summed E-state index contributed by atoms with van der Waals surface area (Å²) in [5, 5.41) is 13.3. The minimum atomic E-state index is 0.272. The number of nitrogens with one attached hydrogen (secondary N) is 1. The lowest BCUT2D eigenvalue weighted by Crippen LogP contribution is -2.27. The third kappa shape index (κ3) is 2.68. The van der Waals surface area contributed by atoms with Crippen LogP contribution in [0.5, 0.6) is 5.75 Å². The van der Waals surface area contributed by atoms with Crippen molar-refractivity contribution in [3.8, 4) is 5.75 Å². The van der Waals surface area contributed by atoms with Crippen LogP contribution in [0.15, 0.2) is 42.7 Å². The number of fused-ring (bicyclic) bond motifs is 1. The Morgan fingerprint density at radius 2 is 2.25 bits per heavy atom. The van der Waals surface area contributed by atoms with Gasteiger partial charge in [-0.05, 0) is 61.1 Å². The molecule has 1 aromatic carbocycles. The number of aromatic nitrogens is 1. The summed E-state index contributed by atoms with van der Waals surface area (Å²) in [5.74, 6) is 0.365. The van der Waals surface area contributed by atoms with Crippen molar-refractivity contribution in [2.45, 2.75) is 38.3 Å². The molecule has 0 aliphatic heterocycles. The van der Waals surface area contributed by atoms with Gasteiger partial charge < -0.3 is 10.4 Å². The second kappa shape index (κ2) is 5.63. The molecular weight excluding hydrogens is 248 g/mol. The molecule has 3 heteroatoms. The fraction of sp³-hybridized carbons (Fsp3) is 0.353. The molecule has 3 nitrogen and oxygen atoms in total. The molecule has 0 amide bonds. The van der Waals surface area contributed by atoms with Crippen molar-refractivity contribution < 1.29 is 5.11 Å². The maximum atomic E-state index is 9.61. The number of rotatable bonds is 3. The SMILES string of the molecule is C[C@H](NC1CCCc2cc(O)ccc21)c1cccnc1. The van der Waals surface area contributed by atoms with Gasteiger partial charge in [0, 0.05) is 24.5 Å². The molecule has 2 N–H and O–H groups in total. The maximum absolute atomic E-state index is 9.61. The van der Waals surface area contributed by atoms with Crippen molar-refractivity contribution in [3.63, 3.8) is 0 Å². The highest BCUT2D eigenvalue weighted by Crippen LogP contribution is 2.33. The molecule has 20 heavy (non-hydrogen) atoms. The lowest BCUT2D eigenvalue weighted by Gasteiger charge is -2.29. The van der Waals surface area contributed by atoms with Gasteiger partial charge in [0.2, 0.25) is 0 Å². The van der Waals surface area contributed by atoms with Crippen molar-refractivity contribution in [2.24, 2.45) is 0 Å². The van der Waals surface area contributed by atoms with Gasteiger partial charge in [0.25, 0.3) is 0 Å². The van der Waals surface area contributed by atoms with Crippen LogP contribution >= 0.6 is 0 Å². The minimum absolute atomic E-state index is 0.272. The van der Waals surface area contributed by atoms with Crippen LogP contribution in [0.1, 0.15) is 48.5 Å². The van der Waals surface area contributed by atoms with Crippen molar-refractivity contribution in [2.75, 3.05) is 0 Å². The number of aromatic hydroxyl groups is 1. The van der Waals surface area contributed by atoms with E-state index in [0.717, 1.165) is 19.3 Å². The molecule has 104 valence electrons. The van der Waals surface area contributed by atoms with Crippen LogP contribution in [-0.4, -0.2) is 10.1 Å². The third-order valence-corrected chi connectivity index (χ3v) is 4.08. The van der Waals surface area contributed by atoms with E-state index in [1.54, 1.807) is 12.3 Å². The molecule has 0 fully saturated rings. The zero-order valence-electron chi connectivity index (χ0n) is 11.7. The number of phenolic OH excluding ortho intramolecular Hbond substituents is 1. The van der Waals surface area contributed by atoms with Crippen molar-refractivity contribution >= 4 is 0 Å². The van der Waals surface area contributed by atoms with E-state index in [-0.39, 0.29) is 6.04 Å². The number of aryl methyl sites for hydroxylation is 1. The summed E-state index contributed by atoms with van der Waals surface area (Å²) < 4.78 is 0. The maximum Gasteiger partial charge on any atom is 0.115 e. The first kappa shape index (κ1) is 13.1. The normalized spacial score (nSPS) is 19.4. The monoisotopic (exact) mass is 268 g/mol. The summed E-state index contributed by atoms with van der Waals surface area (Å²) in [6.45, 7) is 2.17. The van der Waals surface area contributed by atoms with Crippen LogP contribution in [0.3, 0.4) is 0 Å². The Balaban J connectivity index is 1.80. The van der Waals surface area contributed by atoms with Crippen molar-refractivity contribution in [1.29, 1.82) is 0 Å². The quantitative estimate of drug-likeness (QED) is 0.895. The molecule has 1 aliphatic carbocycles. The molecule has 0 bridgehead atoms. The first-order valence-electron chi connectivity index (χ1n) is 7.22. The summed E-state index contributed by atoms with van der Waals surface area (Å²) in [5.41, 5.74) is 3.80. The second-order valence-electron chi connectivity index (χ2n) is 5.50. The zero-order valence-corrected chi connectivity index (χ0v) is 11.7. The lowest BCUT2D eigenvalue weighted by molar-refractivity contribution is 0.412. The van der Waals surface area contributed by atoms with Crippen LogP contribution in [-0.2, 0) is 6.42 Å². The number of pyridine rings is 1. The highest BCUT2D eigenvalue weighted by Gasteiger charge is 2.22. The highest BCUT2D eigenvalue weighted by molar-refractivity contribution is 5.38. The molecule has 1 aliphatic rings. The third-order valence-electron chi connectivity index (χ3n) is 4.08. The Hall–Kier alpha value is -1.87. The standard InChI is InChI=1S/C17H20N2O/c1-12(14-5-3-9-18-11-14)19-17-6-2-4-13-10-15(20)7-8-16(13)17/h3,5,7-12,17,19-20H,2,4,6H2,1H3/t12-,17?/m0/s1. The lowest BCUT2D eigenvalue weighted by atomic mass is 9.87. The van der Waals surface area contributed by atoms with Crippen molar-refractivity contribution in [1.82, 2.24) is 10.3 Å². The second-order valence-corrected chi connectivity index (χ2v) is 5.50. The topological polar surface area (TPSA) is 45.1 Å². The number of phenols is 1. The van der Waals surface area contributed by atoms with Crippen LogP contribution in [0.2, 0.25) is 0 Å². The largest absolute Gasteiger partial charge is 0.508 e. The Bertz CT molecular complexity index is 583. The van der Waals surface area contributed by atoms with E-state index < -0.39 is 0 Å². The Kier molecular flexibility index (Phi) is 3.70. The number of benzene rings is 1. The zero-order chi connectivity index (χ0) is 13.9. The molecule has 2 aromatic rings. The van der Waals surface area contributed by atoms with Gasteiger partial charge in [0.15, 0.2) is 0 Å².